The van der Waals surface area contributed by atoms with Gasteiger partial charge in [0.2, 0.25) is 5.78 Å². The van der Waals surface area contributed by atoms with Gasteiger partial charge in [0.05, 0.1) is 23.3 Å². The number of H-pyrrole nitrogens is 1. The molecule has 0 aliphatic carbocycles. The smallest absolute Gasteiger partial charge is 0.340 e. The SMILES string of the molecule is CCOC(=O)c1c(C)[nH]c(C)c1C(=O)COC(=O)c1ccncc1. The molecular weight excluding hydrogens is 312 g/mol. The van der Waals surface area contributed by atoms with Crippen LogP contribution in [0.4, 0.5) is 0 Å². The summed E-state index contributed by atoms with van der Waals surface area (Å²) in [6.07, 6.45) is 2.91. The summed E-state index contributed by atoms with van der Waals surface area (Å²) >= 11 is 0. The van der Waals surface area contributed by atoms with Crippen molar-refractivity contribution in [3.8, 4) is 0 Å². The second kappa shape index (κ2) is 7.54. The Bertz CT molecular complexity index is 765. The van der Waals surface area contributed by atoms with E-state index >= 15 is 0 Å². The molecule has 0 bridgehead atoms. The molecule has 7 nitrogen and oxygen atoms in total. The Morgan fingerprint density at radius 1 is 1.00 bits per heavy atom. The first-order valence-electron chi connectivity index (χ1n) is 7.42. The van der Waals surface area contributed by atoms with Crippen molar-refractivity contribution >= 4 is 17.7 Å². The predicted molar refractivity (Wildman–Crippen MR) is 85.1 cm³/mol. The Balaban J connectivity index is 2.15. The Morgan fingerprint density at radius 2 is 1.62 bits per heavy atom. The Morgan fingerprint density at radius 3 is 2.25 bits per heavy atom. The lowest BCUT2D eigenvalue weighted by Gasteiger charge is -2.07. The maximum atomic E-state index is 12.4. The molecule has 0 aromatic carbocycles. The molecule has 1 N–H and O–H groups in total. The van der Waals surface area contributed by atoms with Gasteiger partial charge in [-0.1, -0.05) is 0 Å². The zero-order valence-corrected chi connectivity index (χ0v) is 13.7. The third kappa shape index (κ3) is 3.68. The number of rotatable bonds is 6. The van der Waals surface area contributed by atoms with Gasteiger partial charge < -0.3 is 14.5 Å². The summed E-state index contributed by atoms with van der Waals surface area (Å²) in [4.78, 5) is 43.1. The van der Waals surface area contributed by atoms with Gasteiger partial charge in [-0.05, 0) is 32.9 Å². The Labute approximate surface area is 139 Å². The lowest BCUT2D eigenvalue weighted by Crippen LogP contribution is -2.18. The highest BCUT2D eigenvalue weighted by atomic mass is 16.5. The molecule has 0 saturated carbocycles. The Hall–Kier alpha value is -2.96. The van der Waals surface area contributed by atoms with E-state index in [0.29, 0.717) is 17.0 Å². The maximum absolute atomic E-state index is 12.4. The number of nitrogens with zero attached hydrogens (tertiary/aromatic N) is 1. The Kier molecular flexibility index (Phi) is 5.47. The molecule has 0 unspecified atom stereocenters. The van der Waals surface area contributed by atoms with Crippen molar-refractivity contribution in [2.75, 3.05) is 13.2 Å². The van der Waals surface area contributed by atoms with E-state index in [1.54, 1.807) is 20.8 Å². The highest BCUT2D eigenvalue weighted by Gasteiger charge is 2.26. The summed E-state index contributed by atoms with van der Waals surface area (Å²) in [6.45, 7) is 4.77. The van der Waals surface area contributed by atoms with E-state index in [2.05, 4.69) is 9.97 Å². The molecule has 2 aromatic rings. The van der Waals surface area contributed by atoms with E-state index in [9.17, 15) is 14.4 Å². The van der Waals surface area contributed by atoms with Crippen LogP contribution in [-0.4, -0.2) is 40.9 Å². The fraction of sp³-hybridized carbons (Fsp3) is 0.294. The van der Waals surface area contributed by atoms with Gasteiger partial charge in [0.25, 0.3) is 0 Å². The molecule has 0 fully saturated rings. The van der Waals surface area contributed by atoms with Crippen LogP contribution >= 0.6 is 0 Å². The number of aryl methyl sites for hydroxylation is 2. The fourth-order valence-electron chi connectivity index (χ4n) is 2.36. The van der Waals surface area contributed by atoms with Crippen molar-refractivity contribution in [1.29, 1.82) is 0 Å². The normalized spacial score (nSPS) is 10.3. The van der Waals surface area contributed by atoms with Gasteiger partial charge in [-0.3, -0.25) is 9.78 Å². The summed E-state index contributed by atoms with van der Waals surface area (Å²) in [5.74, 6) is -1.68. The van der Waals surface area contributed by atoms with Crippen molar-refractivity contribution in [1.82, 2.24) is 9.97 Å². The van der Waals surface area contributed by atoms with Crippen LogP contribution < -0.4 is 0 Å². The van der Waals surface area contributed by atoms with Crippen molar-refractivity contribution in [2.45, 2.75) is 20.8 Å². The van der Waals surface area contributed by atoms with Crippen LogP contribution in [0.3, 0.4) is 0 Å². The molecule has 24 heavy (non-hydrogen) atoms. The second-order valence-electron chi connectivity index (χ2n) is 5.08. The number of nitrogens with one attached hydrogen (secondary N) is 1. The summed E-state index contributed by atoms with van der Waals surface area (Å²) in [7, 11) is 0. The number of pyridine rings is 1. The van der Waals surface area contributed by atoms with Crippen LogP contribution in [0.2, 0.25) is 0 Å². The van der Waals surface area contributed by atoms with Crippen molar-refractivity contribution in [3.63, 3.8) is 0 Å². The topological polar surface area (TPSA) is 98.4 Å². The molecule has 0 spiro atoms. The van der Waals surface area contributed by atoms with Gasteiger partial charge in [-0.15, -0.1) is 0 Å². The van der Waals surface area contributed by atoms with E-state index < -0.39 is 24.3 Å². The molecule has 0 radical (unpaired) electrons. The largest absolute Gasteiger partial charge is 0.462 e. The van der Waals surface area contributed by atoms with Crippen LogP contribution in [0.15, 0.2) is 24.5 Å². The van der Waals surface area contributed by atoms with Crippen LogP contribution in [0.5, 0.6) is 0 Å². The van der Waals surface area contributed by atoms with Crippen LogP contribution in [0, 0.1) is 13.8 Å². The number of carbonyl (C=O) groups is 3. The molecule has 0 atom stereocenters. The van der Waals surface area contributed by atoms with E-state index in [-0.39, 0.29) is 17.7 Å². The summed E-state index contributed by atoms with van der Waals surface area (Å²) in [5.41, 5.74) is 1.73. The molecule has 2 aromatic heterocycles. The molecule has 0 amide bonds. The maximum Gasteiger partial charge on any atom is 0.340 e. The first kappa shape index (κ1) is 17.4. The third-order valence-electron chi connectivity index (χ3n) is 3.38. The molecule has 2 heterocycles. The van der Waals surface area contributed by atoms with Gasteiger partial charge >= 0.3 is 11.9 Å². The standard InChI is InChI=1S/C17H18N2O5/c1-4-23-17(22)15-11(3)19-10(2)14(15)13(20)9-24-16(21)12-5-7-18-8-6-12/h5-8,19H,4,9H2,1-3H3. The van der Waals surface area contributed by atoms with Gasteiger partial charge in [-0.2, -0.15) is 0 Å². The van der Waals surface area contributed by atoms with E-state index in [0.717, 1.165) is 0 Å². The van der Waals surface area contributed by atoms with E-state index in [1.807, 2.05) is 0 Å². The fourth-order valence-corrected chi connectivity index (χ4v) is 2.36. The van der Waals surface area contributed by atoms with Gasteiger partial charge in [0, 0.05) is 23.8 Å². The third-order valence-corrected chi connectivity index (χ3v) is 3.38. The number of ether oxygens (including phenoxy) is 2. The second-order valence-corrected chi connectivity index (χ2v) is 5.08. The number of aromatic amines is 1. The lowest BCUT2D eigenvalue weighted by atomic mass is 10.1. The summed E-state index contributed by atoms with van der Waals surface area (Å²) < 4.78 is 10.0. The average Bonchev–Trinajstić information content (AvgIpc) is 2.87. The minimum atomic E-state index is -0.631. The summed E-state index contributed by atoms with van der Waals surface area (Å²) in [6, 6.07) is 2.98. The molecule has 0 saturated heterocycles. The van der Waals surface area contributed by atoms with E-state index in [1.165, 1.54) is 24.5 Å². The number of ketones is 1. The lowest BCUT2D eigenvalue weighted by molar-refractivity contribution is 0.0472. The zero-order chi connectivity index (χ0) is 17.7. The van der Waals surface area contributed by atoms with Crippen LogP contribution in [-0.2, 0) is 9.47 Å². The minimum absolute atomic E-state index is 0.180. The van der Waals surface area contributed by atoms with Crippen molar-refractivity contribution in [3.05, 3.63) is 52.6 Å². The minimum Gasteiger partial charge on any atom is -0.462 e. The first-order valence-corrected chi connectivity index (χ1v) is 7.42. The van der Waals surface area contributed by atoms with Gasteiger partial charge in [0.1, 0.15) is 0 Å². The number of Topliss-reactive ketones (excluding diaryl/α,β-unsaturated/α-hetero) is 1. The number of esters is 2. The van der Waals surface area contributed by atoms with Crippen molar-refractivity contribution in [2.24, 2.45) is 0 Å². The quantitative estimate of drug-likeness (QED) is 0.644. The zero-order valence-electron chi connectivity index (χ0n) is 13.7. The molecule has 7 heteroatoms. The van der Waals surface area contributed by atoms with Crippen LogP contribution in [0.1, 0.15) is 49.4 Å². The molecule has 0 aliphatic heterocycles. The number of hydrogen-bond donors (Lipinski definition) is 1. The van der Waals surface area contributed by atoms with E-state index in [4.69, 9.17) is 9.47 Å². The molecule has 2 rings (SSSR count). The molecule has 126 valence electrons. The highest BCUT2D eigenvalue weighted by molar-refractivity contribution is 6.09. The average molecular weight is 330 g/mol. The van der Waals surface area contributed by atoms with Crippen molar-refractivity contribution < 1.29 is 23.9 Å². The molecule has 0 aliphatic rings. The van der Waals surface area contributed by atoms with Gasteiger partial charge in [0.15, 0.2) is 6.61 Å². The predicted octanol–water partition coefficient (Wildman–Crippen LogP) is 2.24. The van der Waals surface area contributed by atoms with Gasteiger partial charge in [-0.25, -0.2) is 9.59 Å². The highest BCUT2D eigenvalue weighted by Crippen LogP contribution is 2.20. The number of aromatic nitrogens is 2. The monoisotopic (exact) mass is 330 g/mol. The first-order chi connectivity index (χ1) is 11.5. The van der Waals surface area contributed by atoms with Crippen LogP contribution in [0.25, 0.3) is 0 Å². The number of hydrogen-bond acceptors (Lipinski definition) is 6. The number of carbonyl (C=O) groups excluding carboxylic acids is 3. The molecular formula is C17H18N2O5. The summed E-state index contributed by atoms with van der Waals surface area (Å²) in [5, 5.41) is 0.